The summed E-state index contributed by atoms with van der Waals surface area (Å²) in [5.74, 6) is -1.76. The van der Waals surface area contributed by atoms with Crippen LogP contribution in [0.15, 0.2) is 0 Å². The summed E-state index contributed by atoms with van der Waals surface area (Å²) < 4.78 is -2.03. The summed E-state index contributed by atoms with van der Waals surface area (Å²) >= 11 is 15.9. The minimum absolute atomic E-state index is 0.00592. The lowest BCUT2D eigenvalue weighted by atomic mass is 10.2. The highest BCUT2D eigenvalue weighted by Crippen LogP contribution is 2.27. The Morgan fingerprint density at radius 2 is 2.12 bits per heavy atom. The molecule has 0 aliphatic carbocycles. The van der Waals surface area contributed by atoms with Gasteiger partial charge in [-0.1, -0.05) is 34.8 Å². The first-order chi connectivity index (χ1) is 7.27. The van der Waals surface area contributed by atoms with Crippen molar-refractivity contribution in [3.63, 3.8) is 0 Å². The molecule has 92 valence electrons. The van der Waals surface area contributed by atoms with Crippen molar-refractivity contribution in [3.8, 4) is 0 Å². The number of carboxylic acid groups (broad SMARTS) is 1. The molecule has 0 aromatic carbocycles. The first kappa shape index (κ1) is 15.4. The van der Waals surface area contributed by atoms with E-state index in [9.17, 15) is 9.59 Å². The number of halogens is 3. The van der Waals surface area contributed by atoms with Gasteiger partial charge < -0.3 is 14.7 Å². The van der Waals surface area contributed by atoms with Crippen molar-refractivity contribution >= 4 is 53.0 Å². The fraction of sp³-hybridized carbons (Fsp3) is 0.571. The number of nitrogens with one attached hydrogen (secondary N) is 2. The van der Waals surface area contributed by atoms with Crippen LogP contribution in [0.25, 0.3) is 0 Å². The molecule has 1 atom stereocenters. The normalized spacial score (nSPS) is 12.9. The Balaban J connectivity index is 4.01. The van der Waals surface area contributed by atoms with Crippen molar-refractivity contribution in [3.05, 3.63) is 0 Å². The van der Waals surface area contributed by atoms with Crippen molar-refractivity contribution in [2.24, 2.45) is 0 Å². The molecule has 0 bridgehead atoms. The molecule has 0 spiro atoms. The Labute approximate surface area is 106 Å². The van der Waals surface area contributed by atoms with Crippen LogP contribution in [0.5, 0.6) is 0 Å². The molecule has 0 amide bonds. The minimum atomic E-state index is -2.03. The smallest absolute Gasteiger partial charge is 0.303 e. The Kier molecular flexibility index (Phi) is 6.66. The third-order valence-corrected chi connectivity index (χ3v) is 1.92. The molecule has 0 rings (SSSR count). The summed E-state index contributed by atoms with van der Waals surface area (Å²) in [6, 6.07) is -0.885. The topological polar surface area (TPSA) is 99.5 Å². The molecule has 0 saturated carbocycles. The number of alkyl halides is 3. The second-order valence-corrected chi connectivity index (χ2v) is 5.00. The molecule has 6 nitrogen and oxygen atoms in total. The number of carbonyl (C=O) groups is 2. The van der Waals surface area contributed by atoms with E-state index < -0.39 is 21.7 Å². The zero-order valence-corrected chi connectivity index (χ0v) is 10.1. The van der Waals surface area contributed by atoms with E-state index >= 15 is 0 Å². The number of hydrogen-bond donors (Lipinski definition) is 3. The van der Waals surface area contributed by atoms with Gasteiger partial charge in [-0.25, -0.2) is 0 Å². The van der Waals surface area contributed by atoms with Gasteiger partial charge in [0.2, 0.25) is 0 Å². The van der Waals surface area contributed by atoms with Crippen LogP contribution in [0.3, 0.4) is 0 Å². The van der Waals surface area contributed by atoms with Gasteiger partial charge in [0, 0.05) is 6.42 Å². The first-order valence-corrected chi connectivity index (χ1v) is 5.16. The van der Waals surface area contributed by atoms with Crippen LogP contribution in [-0.2, 0) is 14.4 Å². The highest BCUT2D eigenvalue weighted by molar-refractivity contribution is 6.75. The van der Waals surface area contributed by atoms with Crippen LogP contribution >= 0.6 is 34.8 Å². The van der Waals surface area contributed by atoms with Crippen molar-refractivity contribution in [2.75, 3.05) is 0 Å². The number of rotatable bonds is 6. The Bertz CT molecular complexity index is 279. The molecule has 16 heavy (non-hydrogen) atoms. The number of aliphatic carboxylic acids is 1. The van der Waals surface area contributed by atoms with Crippen LogP contribution in [0, 0.1) is 5.41 Å². The Morgan fingerprint density at radius 1 is 1.56 bits per heavy atom. The maximum atomic E-state index is 10.5. The van der Waals surface area contributed by atoms with Crippen LogP contribution in [0.4, 0.5) is 0 Å². The minimum Gasteiger partial charge on any atom is -0.481 e. The second-order valence-electron chi connectivity index (χ2n) is 2.72. The van der Waals surface area contributed by atoms with E-state index in [2.05, 4.69) is 10.3 Å². The third-order valence-electron chi connectivity index (χ3n) is 1.40. The molecular formula is C7H9Cl3N2O4. The molecule has 0 radical (unpaired) electrons. The van der Waals surface area contributed by atoms with E-state index in [1.165, 1.54) is 0 Å². The number of carbonyl (C=O) groups excluding carboxylic acids is 1. The Morgan fingerprint density at radius 3 is 2.50 bits per heavy atom. The fourth-order valence-electron chi connectivity index (χ4n) is 0.626. The largest absolute Gasteiger partial charge is 0.481 e. The summed E-state index contributed by atoms with van der Waals surface area (Å²) in [6.07, 6.45) is 0.224. The van der Waals surface area contributed by atoms with Gasteiger partial charge in [0.05, 0.1) is 6.04 Å². The van der Waals surface area contributed by atoms with Gasteiger partial charge in [0.25, 0.3) is 9.69 Å². The highest BCUT2D eigenvalue weighted by atomic mass is 35.6. The van der Waals surface area contributed by atoms with Crippen molar-refractivity contribution < 1.29 is 19.5 Å². The number of carboxylic acids is 1. The molecule has 0 unspecified atom stereocenters. The zero-order valence-electron chi connectivity index (χ0n) is 7.87. The summed E-state index contributed by atoms with van der Waals surface area (Å²) in [5, 5.41) is 15.5. The van der Waals surface area contributed by atoms with E-state index in [0.717, 1.165) is 0 Å². The maximum Gasteiger partial charge on any atom is 0.303 e. The van der Waals surface area contributed by atoms with Crippen LogP contribution < -0.4 is 5.48 Å². The average Bonchev–Trinajstić information content (AvgIpc) is 2.15. The van der Waals surface area contributed by atoms with E-state index in [1.54, 1.807) is 0 Å². The number of hydroxylamine groups is 1. The standard InChI is InChI=1S/C7H9Cl3N2O4/c8-7(9,10)6(11)16-12-4(3-13)1-2-5(14)15/h3-4,11-12H,1-2H2,(H,14,15)/t4-/m0/s1. The highest BCUT2D eigenvalue weighted by Gasteiger charge is 2.29. The molecule has 0 aliphatic heterocycles. The molecule has 0 aliphatic rings. The lowest BCUT2D eigenvalue weighted by Crippen LogP contribution is -2.36. The maximum absolute atomic E-state index is 10.5. The van der Waals surface area contributed by atoms with Crippen molar-refractivity contribution in [1.82, 2.24) is 5.48 Å². The van der Waals surface area contributed by atoms with Crippen molar-refractivity contribution in [1.29, 1.82) is 5.41 Å². The summed E-state index contributed by atoms with van der Waals surface area (Å²) in [4.78, 5) is 25.2. The molecule has 9 heteroatoms. The molecule has 0 heterocycles. The summed E-state index contributed by atoms with van der Waals surface area (Å²) in [6.45, 7) is 0. The number of hydrogen-bond acceptors (Lipinski definition) is 5. The van der Waals surface area contributed by atoms with Crippen molar-refractivity contribution in [2.45, 2.75) is 22.7 Å². The molecule has 3 N–H and O–H groups in total. The first-order valence-electron chi connectivity index (χ1n) is 4.02. The second kappa shape index (κ2) is 6.90. The summed E-state index contributed by atoms with van der Waals surface area (Å²) in [5.41, 5.74) is 2.12. The molecule has 0 aromatic rings. The zero-order chi connectivity index (χ0) is 12.8. The predicted octanol–water partition coefficient (Wildman–Crippen LogP) is 1.29. The Hall–Kier alpha value is -0.560. The SMILES string of the molecule is N=C(ON[C@H](C=O)CCC(=O)O)C(Cl)(Cl)Cl. The van der Waals surface area contributed by atoms with E-state index in [-0.39, 0.29) is 12.8 Å². The van der Waals surface area contributed by atoms with E-state index in [1.807, 2.05) is 0 Å². The molecular weight excluding hydrogens is 282 g/mol. The quantitative estimate of drug-likeness (QED) is 0.225. The van der Waals surface area contributed by atoms with Gasteiger partial charge in [-0.2, -0.15) is 0 Å². The predicted molar refractivity (Wildman–Crippen MR) is 59.0 cm³/mol. The molecule has 0 saturated heterocycles. The van der Waals surface area contributed by atoms with Gasteiger partial charge in [-0.15, -0.1) is 5.48 Å². The van der Waals surface area contributed by atoms with Crippen LogP contribution in [-0.4, -0.2) is 33.1 Å². The molecule has 0 fully saturated rings. The monoisotopic (exact) mass is 290 g/mol. The van der Waals surface area contributed by atoms with E-state index in [0.29, 0.717) is 6.29 Å². The number of aldehydes is 1. The van der Waals surface area contributed by atoms with E-state index in [4.69, 9.17) is 45.3 Å². The van der Waals surface area contributed by atoms with Crippen LogP contribution in [0.2, 0.25) is 0 Å². The third kappa shape index (κ3) is 6.84. The lowest BCUT2D eigenvalue weighted by molar-refractivity contribution is -0.137. The molecule has 0 aromatic heterocycles. The van der Waals surface area contributed by atoms with Crippen LogP contribution in [0.1, 0.15) is 12.8 Å². The lowest BCUT2D eigenvalue weighted by Gasteiger charge is -2.16. The van der Waals surface area contributed by atoms with Gasteiger partial charge in [0.15, 0.2) is 0 Å². The summed E-state index contributed by atoms with van der Waals surface area (Å²) in [7, 11) is 0. The fourth-order valence-corrected chi connectivity index (χ4v) is 0.742. The van der Waals surface area contributed by atoms with Gasteiger partial charge in [-0.3, -0.25) is 10.2 Å². The van der Waals surface area contributed by atoms with Gasteiger partial charge >= 0.3 is 5.97 Å². The average molecular weight is 292 g/mol. The van der Waals surface area contributed by atoms with Gasteiger partial charge in [-0.05, 0) is 6.42 Å². The van der Waals surface area contributed by atoms with Gasteiger partial charge in [0.1, 0.15) is 6.29 Å².